The second-order valence-corrected chi connectivity index (χ2v) is 6.03. The van der Waals surface area contributed by atoms with Crippen LogP contribution >= 0.6 is 7.82 Å². The van der Waals surface area contributed by atoms with E-state index in [0.29, 0.717) is 0 Å². The topological polar surface area (TPSA) is 137 Å². The molecular weight excluding hydrogens is 318 g/mol. The molecule has 5 unspecified atom stereocenters. The summed E-state index contributed by atoms with van der Waals surface area (Å²) < 4.78 is 25.8. The first-order valence-corrected chi connectivity index (χ1v) is 7.41. The molecule has 0 saturated carbocycles. The van der Waals surface area contributed by atoms with Crippen LogP contribution in [-0.4, -0.2) is 59.6 Å². The minimum Gasteiger partial charge on any atom is -0.756 e. The van der Waals surface area contributed by atoms with Crippen molar-refractivity contribution < 1.29 is 67.5 Å². The summed E-state index contributed by atoms with van der Waals surface area (Å²) >= 11 is 0. The number of fused-ring (bicyclic) bond motifs is 1. The van der Waals surface area contributed by atoms with E-state index in [4.69, 9.17) is 4.74 Å². The van der Waals surface area contributed by atoms with Crippen LogP contribution < -0.4 is 39.8 Å². The van der Waals surface area contributed by atoms with E-state index >= 15 is 0 Å². The molecule has 2 N–H and O–H groups in total. The second-order valence-electron chi connectivity index (χ2n) is 4.67. The minimum absolute atomic E-state index is 0. The van der Waals surface area contributed by atoms with Crippen LogP contribution in [0.3, 0.4) is 0 Å². The smallest absolute Gasteiger partial charge is 0.756 e. The summed E-state index contributed by atoms with van der Waals surface area (Å²) in [7, 11) is -4.45. The van der Waals surface area contributed by atoms with Crippen molar-refractivity contribution in [2.45, 2.75) is 31.0 Å². The monoisotopic (exact) mass is 330 g/mol. The van der Waals surface area contributed by atoms with Crippen LogP contribution in [0.2, 0.25) is 0 Å². The Labute approximate surface area is 141 Å². The largest absolute Gasteiger partial charge is 1.00 e. The summed E-state index contributed by atoms with van der Waals surface area (Å²) in [5.41, 5.74) is 0. The third-order valence-electron chi connectivity index (χ3n) is 3.35. The molecule has 112 valence electrons. The average Bonchev–Trinajstić information content (AvgIpc) is 2.66. The number of imide groups is 1. The van der Waals surface area contributed by atoms with E-state index in [9.17, 15) is 24.2 Å². The zero-order chi connectivity index (χ0) is 14.5. The van der Waals surface area contributed by atoms with E-state index < -0.39 is 44.3 Å². The average molecular weight is 330 g/mol. The van der Waals surface area contributed by atoms with Crippen LogP contribution in [0.4, 0.5) is 4.79 Å². The molecule has 0 aromatic rings. The van der Waals surface area contributed by atoms with Crippen molar-refractivity contribution in [1.82, 2.24) is 10.2 Å². The molecule has 3 saturated heterocycles. The molecule has 0 aromatic carbocycles. The number of carbonyl (C=O) groups excluding carboxylic acids is 2. The van der Waals surface area contributed by atoms with Gasteiger partial charge in [-0.1, -0.05) is 0 Å². The van der Waals surface area contributed by atoms with Gasteiger partial charge in [-0.15, -0.1) is 0 Å². The molecule has 5 atom stereocenters. The normalized spacial score (nSPS) is 43.0. The summed E-state index contributed by atoms with van der Waals surface area (Å²) in [5.74, 6) is -0.417. The number of phosphoric acid groups is 1. The number of nitrogens with zero attached hydrogens (tertiary/aromatic N) is 1. The van der Waals surface area contributed by atoms with Crippen molar-refractivity contribution in [2.24, 2.45) is 0 Å². The predicted octanol–water partition coefficient (Wildman–Crippen LogP) is -5.10. The maximum Gasteiger partial charge on any atom is 1.00 e. The van der Waals surface area contributed by atoms with E-state index in [1.807, 2.05) is 0 Å². The Bertz CT molecular complexity index is 504. The SMILES string of the molecule is O=C1CCN(C2OC3COP(=O)([O-])OC3C2O)C(=O)N1.[Na+]. The van der Waals surface area contributed by atoms with Gasteiger partial charge >= 0.3 is 35.6 Å². The van der Waals surface area contributed by atoms with E-state index in [-0.39, 0.29) is 49.1 Å². The quantitative estimate of drug-likeness (QED) is 0.360. The van der Waals surface area contributed by atoms with Crippen molar-refractivity contribution in [3.8, 4) is 0 Å². The third kappa shape index (κ3) is 3.34. The summed E-state index contributed by atoms with van der Waals surface area (Å²) in [4.78, 5) is 35.1. The van der Waals surface area contributed by atoms with Gasteiger partial charge in [0.1, 0.15) is 18.3 Å². The van der Waals surface area contributed by atoms with Gasteiger partial charge in [0, 0.05) is 13.0 Å². The van der Waals surface area contributed by atoms with Crippen LogP contribution in [0.25, 0.3) is 0 Å². The first kappa shape index (κ1) is 17.3. The number of phosphoric ester groups is 1. The molecule has 3 aliphatic rings. The predicted molar refractivity (Wildman–Crippen MR) is 58.0 cm³/mol. The summed E-state index contributed by atoms with van der Waals surface area (Å²) in [6.07, 6.45) is -4.27. The van der Waals surface area contributed by atoms with E-state index in [2.05, 4.69) is 14.4 Å². The van der Waals surface area contributed by atoms with Crippen molar-refractivity contribution in [2.75, 3.05) is 13.2 Å². The van der Waals surface area contributed by atoms with Gasteiger partial charge in [0.15, 0.2) is 6.23 Å². The maximum absolute atomic E-state index is 11.7. The molecule has 0 aliphatic carbocycles. The second kappa shape index (κ2) is 6.23. The van der Waals surface area contributed by atoms with Crippen LogP contribution in [0.1, 0.15) is 6.42 Å². The van der Waals surface area contributed by atoms with Crippen LogP contribution in [0.5, 0.6) is 0 Å². The van der Waals surface area contributed by atoms with Gasteiger partial charge in [0.25, 0.3) is 7.82 Å². The zero-order valence-corrected chi connectivity index (χ0v) is 14.0. The van der Waals surface area contributed by atoms with Gasteiger partial charge in [0.05, 0.1) is 6.61 Å². The number of urea groups is 1. The summed E-state index contributed by atoms with van der Waals surface area (Å²) in [6, 6.07) is -0.699. The fourth-order valence-electron chi connectivity index (χ4n) is 2.41. The van der Waals surface area contributed by atoms with Gasteiger partial charge in [-0.3, -0.25) is 19.6 Å². The fraction of sp³-hybridized carbons (Fsp3) is 0.778. The van der Waals surface area contributed by atoms with Crippen molar-refractivity contribution in [1.29, 1.82) is 0 Å². The fourth-order valence-corrected chi connectivity index (χ4v) is 3.35. The minimum atomic E-state index is -4.45. The standard InChI is InChI=1S/C9H13N2O8P.Na/c12-5-1-2-11(9(14)10-5)8-6(13)7-4(18-8)3-17-20(15,16)19-7;/h4,6-8,13H,1-3H2,(H,15,16)(H,10,12,14);/q;+1/p-1. The number of nitrogens with one attached hydrogen (secondary N) is 1. The molecular formula is C9H12N2NaO8P. The third-order valence-corrected chi connectivity index (χ3v) is 4.32. The number of hydrogen-bond donors (Lipinski definition) is 2. The molecule has 0 aromatic heterocycles. The Balaban J connectivity index is 0.00000161. The number of aliphatic hydroxyl groups is 1. The molecule has 3 amide bonds. The number of carbonyl (C=O) groups is 2. The van der Waals surface area contributed by atoms with Gasteiger partial charge in [-0.05, 0) is 0 Å². The van der Waals surface area contributed by atoms with Gasteiger partial charge in [-0.2, -0.15) is 0 Å². The van der Waals surface area contributed by atoms with Gasteiger partial charge in [-0.25, -0.2) is 4.79 Å². The molecule has 0 spiro atoms. The van der Waals surface area contributed by atoms with Crippen molar-refractivity contribution >= 4 is 19.8 Å². The number of hydrogen-bond acceptors (Lipinski definition) is 8. The number of amides is 3. The van der Waals surface area contributed by atoms with Crippen LogP contribution in [-0.2, 0) is 23.1 Å². The maximum atomic E-state index is 11.7. The molecule has 0 radical (unpaired) electrons. The van der Waals surface area contributed by atoms with Crippen LogP contribution in [0, 0.1) is 0 Å². The molecule has 10 nitrogen and oxygen atoms in total. The zero-order valence-electron chi connectivity index (χ0n) is 11.1. The molecule has 21 heavy (non-hydrogen) atoms. The molecule has 0 bridgehead atoms. The Kier molecular flexibility index (Phi) is 5.14. The van der Waals surface area contributed by atoms with Crippen molar-refractivity contribution in [3.63, 3.8) is 0 Å². The first-order valence-electron chi connectivity index (χ1n) is 5.95. The molecule has 3 heterocycles. The molecule has 3 rings (SSSR count). The Hall–Kier alpha value is -0.0300. The number of ether oxygens (including phenoxy) is 1. The van der Waals surface area contributed by atoms with E-state index in [0.717, 1.165) is 4.90 Å². The van der Waals surface area contributed by atoms with E-state index in [1.165, 1.54) is 0 Å². The number of rotatable bonds is 1. The van der Waals surface area contributed by atoms with Gasteiger partial charge < -0.3 is 23.8 Å². The Morgan fingerprint density at radius 2 is 2.14 bits per heavy atom. The Morgan fingerprint density at radius 3 is 2.81 bits per heavy atom. The van der Waals surface area contributed by atoms with Crippen molar-refractivity contribution in [3.05, 3.63) is 0 Å². The van der Waals surface area contributed by atoms with Gasteiger partial charge in [0.2, 0.25) is 5.91 Å². The van der Waals surface area contributed by atoms with Crippen LogP contribution in [0.15, 0.2) is 0 Å². The Morgan fingerprint density at radius 1 is 1.43 bits per heavy atom. The first-order chi connectivity index (χ1) is 9.37. The molecule has 3 aliphatic heterocycles. The molecule has 3 fully saturated rings. The summed E-state index contributed by atoms with van der Waals surface area (Å²) in [6.45, 7) is -0.213. The number of aliphatic hydroxyl groups excluding tert-OH is 1. The van der Waals surface area contributed by atoms with E-state index in [1.54, 1.807) is 0 Å². The molecule has 12 heteroatoms. The summed E-state index contributed by atoms with van der Waals surface area (Å²) in [5, 5.41) is 12.2.